The summed E-state index contributed by atoms with van der Waals surface area (Å²) < 4.78 is 0.839. The molecule has 2 amide bonds. The van der Waals surface area contributed by atoms with Crippen molar-refractivity contribution >= 4 is 49.6 Å². The van der Waals surface area contributed by atoms with Crippen LogP contribution in [-0.4, -0.2) is 35.5 Å². The molecule has 0 aliphatic carbocycles. The van der Waals surface area contributed by atoms with Gasteiger partial charge in [0.2, 0.25) is 0 Å². The fourth-order valence-corrected chi connectivity index (χ4v) is 5.05. The molecule has 32 heavy (non-hydrogen) atoms. The molecule has 6 nitrogen and oxygen atoms in total. The van der Waals surface area contributed by atoms with Crippen molar-refractivity contribution in [1.29, 1.82) is 0 Å². The second-order valence-electron chi connectivity index (χ2n) is 8.07. The number of aromatic amines is 1. The number of aryl methyl sites for hydroxylation is 1. The van der Waals surface area contributed by atoms with Crippen LogP contribution in [0.2, 0.25) is 0 Å². The summed E-state index contributed by atoms with van der Waals surface area (Å²) in [6.07, 6.45) is 2.74. The highest BCUT2D eigenvalue weighted by Gasteiger charge is 2.34. The number of aromatic nitrogens is 1. The average Bonchev–Trinajstić information content (AvgIpc) is 3.27. The van der Waals surface area contributed by atoms with Crippen molar-refractivity contribution in [1.82, 2.24) is 15.6 Å². The fraction of sp³-hybridized carbons (Fsp3) is 0.200. The first kappa shape index (κ1) is 20.7. The van der Waals surface area contributed by atoms with E-state index < -0.39 is 11.8 Å². The lowest BCUT2D eigenvalue weighted by Gasteiger charge is -2.10. The Kier molecular flexibility index (Phi) is 5.23. The number of phenolic OH excluding ortho intramolecular Hbond substituents is 1. The first-order valence-electron chi connectivity index (χ1n) is 10.6. The summed E-state index contributed by atoms with van der Waals surface area (Å²) in [6.45, 7) is 0.933. The van der Waals surface area contributed by atoms with Crippen molar-refractivity contribution < 1.29 is 14.7 Å². The van der Waals surface area contributed by atoms with Gasteiger partial charge in [-0.15, -0.1) is 0 Å². The van der Waals surface area contributed by atoms with Crippen LogP contribution in [0.1, 0.15) is 39.1 Å². The van der Waals surface area contributed by atoms with E-state index in [0.29, 0.717) is 22.1 Å². The lowest BCUT2D eigenvalue weighted by Crippen LogP contribution is -2.20. The standard InChI is InChI=1S/C25H22BrN3O3/c1-27-9-5-4-6-13-10-18-16(12-20(13)30)21-19(28-18)11-15(14-7-2-3-8-17(14)26)22-23(21)25(32)29-24(22)31/h2-3,7-8,10-12,27-28,30H,4-6,9H2,1H3,(H,29,31,32). The molecule has 0 spiro atoms. The van der Waals surface area contributed by atoms with Gasteiger partial charge >= 0.3 is 0 Å². The molecule has 0 saturated carbocycles. The number of carbonyl (C=O) groups is 2. The van der Waals surface area contributed by atoms with Gasteiger partial charge in [0.05, 0.1) is 11.1 Å². The maximum absolute atomic E-state index is 12.8. The smallest absolute Gasteiger partial charge is 0.259 e. The Balaban J connectivity index is 1.74. The number of nitrogens with one attached hydrogen (secondary N) is 3. The molecular weight excluding hydrogens is 470 g/mol. The Morgan fingerprint density at radius 3 is 2.53 bits per heavy atom. The fourth-order valence-electron chi connectivity index (χ4n) is 4.55. The number of carbonyl (C=O) groups excluding carboxylic acids is 2. The number of halogens is 1. The summed E-state index contributed by atoms with van der Waals surface area (Å²) >= 11 is 3.56. The zero-order valence-electron chi connectivity index (χ0n) is 17.5. The molecule has 1 aromatic heterocycles. The summed E-state index contributed by atoms with van der Waals surface area (Å²) in [6, 6.07) is 13.2. The molecule has 162 valence electrons. The minimum Gasteiger partial charge on any atom is -0.508 e. The van der Waals surface area contributed by atoms with Crippen LogP contribution in [0.4, 0.5) is 0 Å². The van der Waals surface area contributed by atoms with Crippen molar-refractivity contribution in [3.8, 4) is 16.9 Å². The molecule has 3 aromatic carbocycles. The van der Waals surface area contributed by atoms with Crippen LogP contribution >= 0.6 is 15.9 Å². The number of hydrogen-bond donors (Lipinski definition) is 4. The predicted molar refractivity (Wildman–Crippen MR) is 129 cm³/mol. The monoisotopic (exact) mass is 491 g/mol. The van der Waals surface area contributed by atoms with E-state index >= 15 is 0 Å². The van der Waals surface area contributed by atoms with Crippen LogP contribution in [0.15, 0.2) is 46.9 Å². The molecule has 2 heterocycles. The van der Waals surface area contributed by atoms with Crippen LogP contribution in [0.3, 0.4) is 0 Å². The average molecular weight is 492 g/mol. The molecule has 4 N–H and O–H groups in total. The van der Waals surface area contributed by atoms with Gasteiger partial charge in [-0.1, -0.05) is 34.1 Å². The van der Waals surface area contributed by atoms with E-state index in [9.17, 15) is 14.7 Å². The predicted octanol–water partition coefficient (Wildman–Crippen LogP) is 4.88. The molecule has 1 aliphatic rings. The van der Waals surface area contributed by atoms with Crippen molar-refractivity contribution in [3.63, 3.8) is 0 Å². The van der Waals surface area contributed by atoms with Crippen LogP contribution < -0.4 is 10.6 Å². The zero-order valence-corrected chi connectivity index (χ0v) is 19.1. The van der Waals surface area contributed by atoms with Crippen molar-refractivity contribution in [2.75, 3.05) is 13.6 Å². The lowest BCUT2D eigenvalue weighted by atomic mass is 9.92. The molecule has 0 saturated heterocycles. The van der Waals surface area contributed by atoms with Gasteiger partial charge in [0.1, 0.15) is 5.75 Å². The highest BCUT2D eigenvalue weighted by atomic mass is 79.9. The highest BCUT2D eigenvalue weighted by Crippen LogP contribution is 2.41. The molecule has 1 aliphatic heterocycles. The number of aromatic hydroxyl groups is 1. The number of rotatable bonds is 6. The van der Waals surface area contributed by atoms with Gasteiger partial charge in [0, 0.05) is 26.3 Å². The number of hydrogen-bond acceptors (Lipinski definition) is 4. The lowest BCUT2D eigenvalue weighted by molar-refractivity contribution is 0.0880. The van der Waals surface area contributed by atoms with Crippen LogP contribution in [0.25, 0.3) is 32.9 Å². The summed E-state index contributed by atoms with van der Waals surface area (Å²) in [5, 5.41) is 17.6. The minimum absolute atomic E-state index is 0.205. The summed E-state index contributed by atoms with van der Waals surface area (Å²) in [5.74, 6) is -0.617. The van der Waals surface area contributed by atoms with E-state index in [2.05, 4.69) is 31.5 Å². The molecular formula is C25H22BrN3O3. The minimum atomic E-state index is -0.416. The number of phenols is 1. The van der Waals surface area contributed by atoms with Gasteiger partial charge in [-0.25, -0.2) is 0 Å². The van der Waals surface area contributed by atoms with Gasteiger partial charge in [-0.05, 0) is 73.8 Å². The molecule has 0 fully saturated rings. The van der Waals surface area contributed by atoms with Gasteiger partial charge in [0.15, 0.2) is 0 Å². The molecule has 0 unspecified atom stereocenters. The Labute approximate surface area is 193 Å². The quantitative estimate of drug-likeness (QED) is 0.228. The Morgan fingerprint density at radius 2 is 1.75 bits per heavy atom. The second-order valence-corrected chi connectivity index (χ2v) is 8.93. The van der Waals surface area contributed by atoms with Crippen molar-refractivity contribution in [2.45, 2.75) is 19.3 Å². The van der Waals surface area contributed by atoms with Gasteiger partial charge in [-0.2, -0.15) is 0 Å². The van der Waals surface area contributed by atoms with Crippen molar-refractivity contribution in [3.05, 3.63) is 63.6 Å². The second kappa shape index (κ2) is 8.07. The highest BCUT2D eigenvalue weighted by molar-refractivity contribution is 9.10. The Bertz CT molecular complexity index is 1410. The van der Waals surface area contributed by atoms with Crippen LogP contribution in [-0.2, 0) is 6.42 Å². The number of unbranched alkanes of at least 4 members (excludes halogenated alkanes) is 1. The Hall–Kier alpha value is -3.16. The molecule has 0 atom stereocenters. The molecule has 7 heteroatoms. The topological polar surface area (TPSA) is 94.2 Å². The van der Waals surface area contributed by atoms with E-state index in [-0.39, 0.29) is 5.75 Å². The summed E-state index contributed by atoms with van der Waals surface area (Å²) in [5.41, 5.74) is 4.69. The van der Waals surface area contributed by atoms with Crippen LogP contribution in [0.5, 0.6) is 5.75 Å². The molecule has 0 bridgehead atoms. The van der Waals surface area contributed by atoms with E-state index in [0.717, 1.165) is 57.8 Å². The van der Waals surface area contributed by atoms with Crippen LogP contribution in [0, 0.1) is 0 Å². The van der Waals surface area contributed by atoms with Gasteiger partial charge in [-0.3, -0.25) is 14.9 Å². The first-order chi connectivity index (χ1) is 15.5. The molecule has 4 aromatic rings. The molecule has 0 radical (unpaired) electrons. The largest absolute Gasteiger partial charge is 0.508 e. The Morgan fingerprint density at radius 1 is 0.969 bits per heavy atom. The third kappa shape index (κ3) is 3.29. The third-order valence-electron chi connectivity index (χ3n) is 6.05. The first-order valence-corrected chi connectivity index (χ1v) is 11.4. The number of fused-ring (bicyclic) bond motifs is 5. The van der Waals surface area contributed by atoms with Gasteiger partial charge < -0.3 is 15.4 Å². The SMILES string of the molecule is CNCCCCc1cc2[nH]c3cc(-c4ccccc4Br)c4c(c3c2cc1O)C(=O)NC4=O. The van der Waals surface area contributed by atoms with E-state index in [1.165, 1.54) is 0 Å². The number of imide groups is 1. The number of H-pyrrole nitrogens is 1. The zero-order chi connectivity index (χ0) is 22.4. The van der Waals surface area contributed by atoms with E-state index in [1.807, 2.05) is 43.4 Å². The normalized spacial score (nSPS) is 13.2. The van der Waals surface area contributed by atoms with E-state index in [1.54, 1.807) is 6.07 Å². The van der Waals surface area contributed by atoms with E-state index in [4.69, 9.17) is 0 Å². The van der Waals surface area contributed by atoms with Crippen molar-refractivity contribution in [2.24, 2.45) is 0 Å². The third-order valence-corrected chi connectivity index (χ3v) is 6.74. The molecule has 5 rings (SSSR count). The summed E-state index contributed by atoms with van der Waals surface area (Å²) in [4.78, 5) is 29.0. The maximum atomic E-state index is 12.8. The number of amides is 2. The summed E-state index contributed by atoms with van der Waals surface area (Å²) in [7, 11) is 1.93. The maximum Gasteiger partial charge on any atom is 0.259 e. The number of benzene rings is 3. The van der Waals surface area contributed by atoms with Gasteiger partial charge in [0.25, 0.3) is 11.8 Å².